The number of ether oxygens (including phenoxy) is 1. The fourth-order valence-corrected chi connectivity index (χ4v) is 3.51. The van der Waals surface area contributed by atoms with Crippen molar-refractivity contribution in [2.24, 2.45) is 5.73 Å². The van der Waals surface area contributed by atoms with Crippen LogP contribution in [-0.4, -0.2) is 53.4 Å². The first kappa shape index (κ1) is 28.9. The van der Waals surface area contributed by atoms with E-state index in [-0.39, 0.29) is 12.5 Å². The monoisotopic (exact) mass is 476 g/mol. The van der Waals surface area contributed by atoms with Crippen molar-refractivity contribution in [2.45, 2.75) is 85.4 Å². The van der Waals surface area contributed by atoms with Gasteiger partial charge in [0, 0.05) is 13.1 Å². The third-order valence-electron chi connectivity index (χ3n) is 5.14. The zero-order chi connectivity index (χ0) is 26.1. The second kappa shape index (κ2) is 13.0. The van der Waals surface area contributed by atoms with Crippen molar-refractivity contribution in [3.63, 3.8) is 0 Å². The number of nitrogens with zero attached hydrogens (tertiary/aromatic N) is 1. The van der Waals surface area contributed by atoms with Crippen LogP contribution in [0.15, 0.2) is 18.2 Å². The fourth-order valence-electron chi connectivity index (χ4n) is 3.51. The number of carbonyl (C=O) groups is 4. The molecule has 9 nitrogen and oxygen atoms in total. The van der Waals surface area contributed by atoms with Gasteiger partial charge >= 0.3 is 6.09 Å². The molecule has 1 aromatic rings. The van der Waals surface area contributed by atoms with E-state index in [0.29, 0.717) is 12.1 Å². The van der Waals surface area contributed by atoms with E-state index in [2.05, 4.69) is 10.6 Å². The number of likely N-dealkylation sites (N-methyl/N-ethyl adjacent to an activating group) is 1. The molecule has 1 rings (SSSR count). The Morgan fingerprint density at radius 1 is 1.12 bits per heavy atom. The van der Waals surface area contributed by atoms with Gasteiger partial charge in [0.15, 0.2) is 0 Å². The number of benzene rings is 1. The Labute approximate surface area is 202 Å². The van der Waals surface area contributed by atoms with Crippen molar-refractivity contribution in [1.29, 1.82) is 0 Å². The van der Waals surface area contributed by atoms with E-state index >= 15 is 0 Å². The first-order chi connectivity index (χ1) is 15.8. The Bertz CT molecular complexity index is 879. The summed E-state index contributed by atoms with van der Waals surface area (Å²) in [5.74, 6) is -1.68. The van der Waals surface area contributed by atoms with Crippen LogP contribution in [0.1, 0.15) is 76.6 Å². The SMILES string of the molecule is CCCCNC(=O)C(c1cc(C)ccc1C)N(CC)C(=O)C(CC(N)=O)NC(=O)OC(C)(C)C. The summed E-state index contributed by atoms with van der Waals surface area (Å²) in [7, 11) is 0. The van der Waals surface area contributed by atoms with E-state index in [4.69, 9.17) is 10.5 Å². The van der Waals surface area contributed by atoms with Crippen LogP contribution in [0, 0.1) is 13.8 Å². The molecule has 0 saturated heterocycles. The number of primary amides is 1. The first-order valence-corrected chi connectivity index (χ1v) is 11.7. The van der Waals surface area contributed by atoms with E-state index in [1.165, 1.54) is 4.90 Å². The molecule has 0 aliphatic carbocycles. The Morgan fingerprint density at radius 3 is 2.29 bits per heavy atom. The standard InChI is InChI=1S/C25H40N4O5/c1-8-10-13-27-22(31)21(18-14-16(3)11-12-17(18)4)29(9-2)23(32)19(15-20(26)30)28-24(33)34-25(5,6)7/h11-12,14,19,21H,8-10,13,15H2,1-7H3,(H2,26,30)(H,27,31)(H,28,33). The number of hydrogen-bond acceptors (Lipinski definition) is 5. The molecular weight excluding hydrogens is 436 g/mol. The van der Waals surface area contributed by atoms with Gasteiger partial charge in [0.25, 0.3) is 0 Å². The average molecular weight is 477 g/mol. The molecule has 0 saturated carbocycles. The summed E-state index contributed by atoms with van der Waals surface area (Å²) in [6, 6.07) is 3.49. The molecule has 0 heterocycles. The summed E-state index contributed by atoms with van der Waals surface area (Å²) in [6.45, 7) is 13.3. The van der Waals surface area contributed by atoms with Crippen LogP contribution in [0.4, 0.5) is 4.79 Å². The molecule has 0 bridgehead atoms. The third kappa shape index (κ3) is 9.03. The Morgan fingerprint density at radius 2 is 1.76 bits per heavy atom. The summed E-state index contributed by atoms with van der Waals surface area (Å²) < 4.78 is 5.25. The van der Waals surface area contributed by atoms with Crippen LogP contribution >= 0.6 is 0 Å². The Balaban J connectivity index is 3.40. The predicted octanol–water partition coefficient (Wildman–Crippen LogP) is 2.88. The minimum absolute atomic E-state index is 0.170. The summed E-state index contributed by atoms with van der Waals surface area (Å²) in [4.78, 5) is 52.4. The zero-order valence-electron chi connectivity index (χ0n) is 21.5. The van der Waals surface area contributed by atoms with Gasteiger partial charge in [0.2, 0.25) is 17.7 Å². The van der Waals surface area contributed by atoms with Gasteiger partial charge in [-0.05, 0) is 59.1 Å². The van der Waals surface area contributed by atoms with Crippen LogP contribution in [0.25, 0.3) is 0 Å². The van der Waals surface area contributed by atoms with Gasteiger partial charge in [0.05, 0.1) is 6.42 Å². The van der Waals surface area contributed by atoms with Crippen LogP contribution in [0.2, 0.25) is 0 Å². The highest BCUT2D eigenvalue weighted by Gasteiger charge is 2.36. The van der Waals surface area contributed by atoms with Gasteiger partial charge in [-0.3, -0.25) is 14.4 Å². The van der Waals surface area contributed by atoms with E-state index in [0.717, 1.165) is 24.0 Å². The maximum atomic E-state index is 13.6. The van der Waals surface area contributed by atoms with E-state index in [9.17, 15) is 19.2 Å². The number of unbranched alkanes of at least 4 members (excludes halogenated alkanes) is 1. The van der Waals surface area contributed by atoms with Crippen molar-refractivity contribution in [3.05, 3.63) is 34.9 Å². The van der Waals surface area contributed by atoms with Crippen LogP contribution in [-0.2, 0) is 19.1 Å². The molecule has 4 N–H and O–H groups in total. The van der Waals surface area contributed by atoms with Gasteiger partial charge in [-0.2, -0.15) is 0 Å². The lowest BCUT2D eigenvalue weighted by Crippen LogP contribution is -2.54. The highest BCUT2D eigenvalue weighted by atomic mass is 16.6. The number of hydrogen-bond donors (Lipinski definition) is 3. The van der Waals surface area contributed by atoms with E-state index < -0.39 is 42.0 Å². The number of alkyl carbamates (subject to hydrolysis) is 1. The number of nitrogens with one attached hydrogen (secondary N) is 2. The lowest BCUT2D eigenvalue weighted by atomic mass is 9.96. The second-order valence-electron chi connectivity index (χ2n) is 9.40. The number of amides is 4. The topological polar surface area (TPSA) is 131 Å². The molecule has 0 fully saturated rings. The highest BCUT2D eigenvalue weighted by Crippen LogP contribution is 2.27. The third-order valence-corrected chi connectivity index (χ3v) is 5.14. The average Bonchev–Trinajstić information content (AvgIpc) is 2.71. The summed E-state index contributed by atoms with van der Waals surface area (Å²) in [5.41, 5.74) is 7.04. The summed E-state index contributed by atoms with van der Waals surface area (Å²) in [5, 5.41) is 5.37. The molecule has 1 aromatic carbocycles. The summed E-state index contributed by atoms with van der Waals surface area (Å²) >= 11 is 0. The maximum Gasteiger partial charge on any atom is 0.408 e. The molecule has 0 aliphatic rings. The Kier molecular flexibility index (Phi) is 11.0. The van der Waals surface area contributed by atoms with Crippen molar-refractivity contribution >= 4 is 23.8 Å². The lowest BCUT2D eigenvalue weighted by molar-refractivity contribution is -0.143. The molecule has 2 atom stereocenters. The molecule has 2 unspecified atom stereocenters. The molecule has 0 radical (unpaired) electrons. The molecule has 0 aliphatic heterocycles. The van der Waals surface area contributed by atoms with Crippen molar-refractivity contribution < 1.29 is 23.9 Å². The van der Waals surface area contributed by atoms with Crippen LogP contribution < -0.4 is 16.4 Å². The Hall–Kier alpha value is -3.10. The van der Waals surface area contributed by atoms with Crippen LogP contribution in [0.5, 0.6) is 0 Å². The molecular formula is C25H40N4O5. The molecule has 4 amide bonds. The number of nitrogens with two attached hydrogens (primary N) is 1. The number of rotatable bonds is 11. The summed E-state index contributed by atoms with van der Waals surface area (Å²) in [6.07, 6.45) is 0.436. The minimum Gasteiger partial charge on any atom is -0.444 e. The lowest BCUT2D eigenvalue weighted by Gasteiger charge is -2.34. The first-order valence-electron chi connectivity index (χ1n) is 11.7. The van der Waals surface area contributed by atoms with Gasteiger partial charge in [-0.15, -0.1) is 0 Å². The second-order valence-corrected chi connectivity index (χ2v) is 9.40. The molecule has 34 heavy (non-hydrogen) atoms. The highest BCUT2D eigenvalue weighted by molar-refractivity contribution is 5.94. The quantitative estimate of drug-likeness (QED) is 0.423. The van der Waals surface area contributed by atoms with Gasteiger partial charge in [0.1, 0.15) is 17.7 Å². The van der Waals surface area contributed by atoms with E-state index in [1.54, 1.807) is 27.7 Å². The van der Waals surface area contributed by atoms with Crippen molar-refractivity contribution in [3.8, 4) is 0 Å². The number of aryl methyl sites for hydroxylation is 2. The predicted molar refractivity (Wildman–Crippen MR) is 131 cm³/mol. The normalized spacial score (nSPS) is 12.9. The van der Waals surface area contributed by atoms with Gasteiger partial charge in [-0.25, -0.2) is 4.79 Å². The van der Waals surface area contributed by atoms with Crippen LogP contribution in [0.3, 0.4) is 0 Å². The number of carbonyl (C=O) groups excluding carboxylic acids is 4. The zero-order valence-corrected chi connectivity index (χ0v) is 21.5. The van der Waals surface area contributed by atoms with Crippen molar-refractivity contribution in [2.75, 3.05) is 13.1 Å². The fraction of sp³-hybridized carbons (Fsp3) is 0.600. The molecule has 0 aromatic heterocycles. The molecule has 0 spiro atoms. The van der Waals surface area contributed by atoms with Gasteiger partial charge < -0.3 is 26.0 Å². The smallest absolute Gasteiger partial charge is 0.408 e. The largest absolute Gasteiger partial charge is 0.444 e. The van der Waals surface area contributed by atoms with E-state index in [1.807, 2.05) is 39.0 Å². The molecule has 9 heteroatoms. The van der Waals surface area contributed by atoms with Crippen molar-refractivity contribution in [1.82, 2.24) is 15.5 Å². The minimum atomic E-state index is -1.27. The van der Waals surface area contributed by atoms with Gasteiger partial charge in [-0.1, -0.05) is 37.1 Å². The maximum absolute atomic E-state index is 13.6. The molecule has 190 valence electrons.